The van der Waals surface area contributed by atoms with Crippen molar-refractivity contribution in [3.63, 3.8) is 0 Å². The minimum Gasteiger partial charge on any atom is -0.303 e. The number of rotatable bonds is 0. The van der Waals surface area contributed by atoms with Crippen LogP contribution in [0.2, 0.25) is 0 Å². The Labute approximate surface area is 75.0 Å². The van der Waals surface area contributed by atoms with Crippen molar-refractivity contribution in [2.45, 2.75) is 0 Å². The molecule has 0 saturated heterocycles. The first-order valence-electron chi connectivity index (χ1n) is 0.783. The molecule has 4 nitrogen and oxygen atoms in total. The van der Waals surface area contributed by atoms with Gasteiger partial charge in [0.05, 0.1) is 0 Å². The van der Waals surface area contributed by atoms with E-state index in [2.05, 4.69) is 0 Å². The molecule has 1 radical (unpaired) electrons. The Balaban J connectivity index is -0.0000000267. The van der Waals surface area contributed by atoms with E-state index >= 15 is 0 Å². The summed E-state index contributed by atoms with van der Waals surface area (Å²) >= 11 is 0. The van der Waals surface area contributed by atoms with Crippen molar-refractivity contribution in [2.75, 3.05) is 0 Å². The van der Waals surface area contributed by atoms with Gasteiger partial charge in [0.2, 0.25) is 0 Å². The van der Waals surface area contributed by atoms with Gasteiger partial charge in [-0.05, 0) is 0 Å². The molecular weight excluding hydrogens is 243 g/mol. The minimum atomic E-state index is -4.64. The van der Waals surface area contributed by atoms with Crippen LogP contribution in [-0.4, -0.2) is 14.7 Å². The van der Waals surface area contributed by atoms with Crippen molar-refractivity contribution in [3.05, 3.63) is 0 Å². The van der Waals surface area contributed by atoms with Gasteiger partial charge in [-0.1, -0.05) is 0 Å². The Kier molecular flexibility index (Phi) is 24.1. The molecule has 0 heterocycles. The molecule has 0 unspecified atom stereocenters. The second kappa shape index (κ2) is 8.51. The standard InChI is InChI=1S/Cr.Cu.H3O4P.H2S/c;;1-5(2,3)4;/h;;(H3,1,2,3,4);1H2. The van der Waals surface area contributed by atoms with Crippen LogP contribution in [0.25, 0.3) is 0 Å². The second-order valence-corrected chi connectivity index (χ2v) is 1.54. The van der Waals surface area contributed by atoms with E-state index in [0.29, 0.717) is 0 Å². The third-order valence-corrected chi connectivity index (χ3v) is 0. The van der Waals surface area contributed by atoms with Gasteiger partial charge < -0.3 is 14.7 Å². The van der Waals surface area contributed by atoms with Crippen molar-refractivity contribution in [1.82, 2.24) is 0 Å². The summed E-state index contributed by atoms with van der Waals surface area (Å²) in [5.41, 5.74) is 0. The van der Waals surface area contributed by atoms with Crippen LogP contribution < -0.4 is 0 Å². The Morgan fingerprint density at radius 1 is 1.12 bits per heavy atom. The van der Waals surface area contributed by atoms with E-state index in [1.165, 1.54) is 0 Å². The zero-order chi connectivity index (χ0) is 4.50. The van der Waals surface area contributed by atoms with Gasteiger partial charge in [0.15, 0.2) is 0 Å². The predicted octanol–water partition coefficient (Wildman–Crippen LogP) is -0.821. The first-order chi connectivity index (χ1) is 2.00. The van der Waals surface area contributed by atoms with E-state index in [4.69, 9.17) is 19.2 Å². The quantitative estimate of drug-likeness (QED) is 0.386. The number of hydrogen-bond donors (Lipinski definition) is 3. The molecule has 0 aliphatic heterocycles. The SMILES string of the molecule is O=P(O)(O)O.S.[Cr].[Cu]. The predicted molar refractivity (Wildman–Crippen MR) is 24.6 cm³/mol. The smallest absolute Gasteiger partial charge is 0.303 e. The molecule has 0 aliphatic rings. The summed E-state index contributed by atoms with van der Waals surface area (Å²) in [6.07, 6.45) is 0. The molecule has 0 saturated carbocycles. The Bertz CT molecular complexity index is 62.2. The summed E-state index contributed by atoms with van der Waals surface area (Å²) in [4.78, 5) is 21.6. The van der Waals surface area contributed by atoms with Gasteiger partial charge in [0.25, 0.3) is 0 Å². The summed E-state index contributed by atoms with van der Waals surface area (Å²) in [6, 6.07) is 0. The molecule has 0 bridgehead atoms. The normalized spacial score (nSPS) is 7.38. The van der Waals surface area contributed by atoms with E-state index < -0.39 is 7.82 Å². The Morgan fingerprint density at radius 3 is 1.12 bits per heavy atom. The van der Waals surface area contributed by atoms with E-state index in [1.807, 2.05) is 0 Å². The summed E-state index contributed by atoms with van der Waals surface area (Å²) in [5.74, 6) is 0. The van der Waals surface area contributed by atoms with Crippen molar-refractivity contribution in [3.8, 4) is 0 Å². The fourth-order valence-corrected chi connectivity index (χ4v) is 0. The number of phosphoric acid groups is 1. The molecule has 0 amide bonds. The van der Waals surface area contributed by atoms with Crippen molar-refractivity contribution < 1.29 is 53.7 Å². The molecule has 57 valence electrons. The first kappa shape index (κ1) is 22.7. The topological polar surface area (TPSA) is 77.8 Å². The molecule has 3 N–H and O–H groups in total. The van der Waals surface area contributed by atoms with Crippen molar-refractivity contribution in [1.29, 1.82) is 0 Å². The molecular formula is H5CrCuO4PS. The van der Waals surface area contributed by atoms with Crippen molar-refractivity contribution >= 4 is 21.3 Å². The monoisotopic (exact) mass is 247 g/mol. The van der Waals surface area contributed by atoms with Gasteiger partial charge in [0, 0.05) is 34.4 Å². The maximum Gasteiger partial charge on any atom is 0.466 e. The second-order valence-electron chi connectivity index (χ2n) is 0.513. The van der Waals surface area contributed by atoms with Gasteiger partial charge in [-0.15, -0.1) is 0 Å². The zero-order valence-electron chi connectivity index (χ0n) is 3.41. The zero-order valence-corrected chi connectivity index (χ0v) is 7.52. The third kappa shape index (κ3) is 139. The summed E-state index contributed by atoms with van der Waals surface area (Å²) < 4.78 is 8.88. The van der Waals surface area contributed by atoms with Gasteiger partial charge in [0.1, 0.15) is 0 Å². The van der Waals surface area contributed by atoms with Crippen LogP contribution in [0.5, 0.6) is 0 Å². The Hall–Kier alpha value is 1.51. The van der Waals surface area contributed by atoms with Crippen LogP contribution >= 0.6 is 21.3 Å². The van der Waals surface area contributed by atoms with Gasteiger partial charge in [-0.2, -0.15) is 13.5 Å². The van der Waals surface area contributed by atoms with E-state index in [0.717, 1.165) is 0 Å². The van der Waals surface area contributed by atoms with E-state index in [9.17, 15) is 0 Å². The minimum absolute atomic E-state index is 0. The molecule has 8 heteroatoms. The van der Waals surface area contributed by atoms with Crippen LogP contribution in [0.3, 0.4) is 0 Å². The molecule has 0 aromatic rings. The van der Waals surface area contributed by atoms with Gasteiger partial charge in [-0.3, -0.25) is 0 Å². The van der Waals surface area contributed by atoms with Crippen LogP contribution in [0.1, 0.15) is 0 Å². The van der Waals surface area contributed by atoms with Crippen molar-refractivity contribution in [2.24, 2.45) is 0 Å². The van der Waals surface area contributed by atoms with E-state index in [-0.39, 0.29) is 47.9 Å². The fourth-order valence-electron chi connectivity index (χ4n) is 0. The van der Waals surface area contributed by atoms with E-state index in [1.54, 1.807) is 0 Å². The molecule has 0 rings (SSSR count). The largest absolute Gasteiger partial charge is 0.466 e. The molecule has 0 aliphatic carbocycles. The van der Waals surface area contributed by atoms with Gasteiger partial charge >= 0.3 is 7.82 Å². The average molecular weight is 248 g/mol. The van der Waals surface area contributed by atoms with Crippen LogP contribution in [0.15, 0.2) is 0 Å². The first-order valence-corrected chi connectivity index (χ1v) is 2.35. The van der Waals surface area contributed by atoms with Gasteiger partial charge in [-0.25, -0.2) is 4.57 Å². The molecule has 0 atom stereocenters. The molecule has 8 heavy (non-hydrogen) atoms. The summed E-state index contributed by atoms with van der Waals surface area (Å²) in [5, 5.41) is 0. The van der Waals surface area contributed by atoms with Crippen LogP contribution in [-0.2, 0) is 39.0 Å². The molecule has 0 fully saturated rings. The third-order valence-electron chi connectivity index (χ3n) is 0. The summed E-state index contributed by atoms with van der Waals surface area (Å²) in [6.45, 7) is 0. The molecule has 0 aromatic carbocycles. The molecule has 0 aromatic heterocycles. The number of hydrogen-bond acceptors (Lipinski definition) is 1. The summed E-state index contributed by atoms with van der Waals surface area (Å²) in [7, 11) is -4.64. The maximum atomic E-state index is 8.88. The maximum absolute atomic E-state index is 8.88. The fraction of sp³-hybridized carbons (Fsp3) is 0. The molecule has 0 spiro atoms. The van der Waals surface area contributed by atoms with Crippen LogP contribution in [0, 0.1) is 0 Å². The average Bonchev–Trinajstić information content (AvgIpc) is 0.722. The Morgan fingerprint density at radius 2 is 1.12 bits per heavy atom. The van der Waals surface area contributed by atoms with Crippen LogP contribution in [0.4, 0.5) is 0 Å².